The van der Waals surface area contributed by atoms with Crippen molar-refractivity contribution in [1.82, 2.24) is 0 Å². The third-order valence-electron chi connectivity index (χ3n) is 4.01. The standard InChI is InChI=1S/C14H21NO/c1-10-8-13(16-3)11(2)7-12(10)14(9-15)5-4-6-14/h7-8H,4-6,9,15H2,1-3H3. The van der Waals surface area contributed by atoms with Crippen LogP contribution in [0.25, 0.3) is 0 Å². The summed E-state index contributed by atoms with van der Waals surface area (Å²) in [6, 6.07) is 4.40. The van der Waals surface area contributed by atoms with Gasteiger partial charge in [-0.1, -0.05) is 12.5 Å². The number of nitrogens with two attached hydrogens (primary N) is 1. The predicted molar refractivity (Wildman–Crippen MR) is 67.1 cm³/mol. The van der Waals surface area contributed by atoms with Crippen LogP contribution in [0.5, 0.6) is 5.75 Å². The minimum Gasteiger partial charge on any atom is -0.496 e. The molecule has 0 heterocycles. The Hall–Kier alpha value is -1.02. The topological polar surface area (TPSA) is 35.2 Å². The molecule has 2 nitrogen and oxygen atoms in total. The number of hydrogen-bond acceptors (Lipinski definition) is 2. The molecule has 0 aliphatic heterocycles. The van der Waals surface area contributed by atoms with E-state index in [4.69, 9.17) is 10.5 Å². The predicted octanol–water partition coefficient (Wildman–Crippen LogP) is 2.69. The van der Waals surface area contributed by atoms with Crippen LogP contribution in [-0.2, 0) is 5.41 Å². The van der Waals surface area contributed by atoms with E-state index in [2.05, 4.69) is 26.0 Å². The molecule has 1 aromatic rings. The quantitative estimate of drug-likeness (QED) is 0.848. The zero-order valence-electron chi connectivity index (χ0n) is 10.5. The molecule has 0 amide bonds. The SMILES string of the molecule is COc1cc(C)c(C2(CN)CCC2)cc1C. The van der Waals surface area contributed by atoms with Crippen LogP contribution in [-0.4, -0.2) is 13.7 Å². The van der Waals surface area contributed by atoms with Crippen LogP contribution in [0.4, 0.5) is 0 Å². The van der Waals surface area contributed by atoms with Crippen molar-refractivity contribution in [1.29, 1.82) is 0 Å². The molecule has 0 spiro atoms. The zero-order valence-corrected chi connectivity index (χ0v) is 10.5. The summed E-state index contributed by atoms with van der Waals surface area (Å²) in [6.07, 6.45) is 3.77. The first-order chi connectivity index (χ1) is 7.63. The van der Waals surface area contributed by atoms with Crippen LogP contribution < -0.4 is 10.5 Å². The minimum atomic E-state index is 0.251. The van der Waals surface area contributed by atoms with Crippen molar-refractivity contribution in [2.24, 2.45) is 5.73 Å². The Labute approximate surface area is 97.8 Å². The first kappa shape index (κ1) is 11.5. The number of hydrogen-bond donors (Lipinski definition) is 1. The van der Waals surface area contributed by atoms with Crippen molar-refractivity contribution >= 4 is 0 Å². The molecule has 1 saturated carbocycles. The normalized spacial score (nSPS) is 18.0. The highest BCUT2D eigenvalue weighted by Gasteiger charge is 2.38. The van der Waals surface area contributed by atoms with Gasteiger partial charge in [0.2, 0.25) is 0 Å². The van der Waals surface area contributed by atoms with Gasteiger partial charge in [0.1, 0.15) is 5.75 Å². The Morgan fingerprint density at radius 1 is 1.25 bits per heavy atom. The summed E-state index contributed by atoms with van der Waals surface area (Å²) >= 11 is 0. The maximum atomic E-state index is 5.96. The average Bonchev–Trinajstić information content (AvgIpc) is 2.22. The summed E-state index contributed by atoms with van der Waals surface area (Å²) < 4.78 is 5.35. The Kier molecular flexibility index (Phi) is 2.94. The molecule has 2 rings (SSSR count). The Balaban J connectivity index is 2.45. The molecule has 2 heteroatoms. The lowest BCUT2D eigenvalue weighted by Crippen LogP contribution is -2.42. The molecule has 1 aliphatic rings. The van der Waals surface area contributed by atoms with Crippen LogP contribution in [0.15, 0.2) is 12.1 Å². The van der Waals surface area contributed by atoms with Gasteiger partial charge < -0.3 is 10.5 Å². The molecule has 1 aromatic carbocycles. The van der Waals surface area contributed by atoms with Gasteiger partial charge in [-0.2, -0.15) is 0 Å². The fraction of sp³-hybridized carbons (Fsp3) is 0.571. The number of benzene rings is 1. The summed E-state index contributed by atoms with van der Waals surface area (Å²) in [4.78, 5) is 0. The highest BCUT2D eigenvalue weighted by molar-refractivity contribution is 5.46. The van der Waals surface area contributed by atoms with E-state index >= 15 is 0 Å². The molecule has 0 aromatic heterocycles. The molecule has 2 N–H and O–H groups in total. The number of rotatable bonds is 3. The third-order valence-corrected chi connectivity index (χ3v) is 4.01. The lowest BCUT2D eigenvalue weighted by Gasteiger charge is -2.42. The second kappa shape index (κ2) is 4.10. The van der Waals surface area contributed by atoms with Gasteiger partial charge in [-0.3, -0.25) is 0 Å². The zero-order chi connectivity index (χ0) is 11.8. The van der Waals surface area contributed by atoms with Gasteiger partial charge in [-0.05, 0) is 49.4 Å². The molecule has 0 bridgehead atoms. The van der Waals surface area contributed by atoms with E-state index in [1.165, 1.54) is 36.0 Å². The molecule has 1 fully saturated rings. The fourth-order valence-electron chi connectivity index (χ4n) is 2.77. The maximum Gasteiger partial charge on any atom is 0.122 e. The smallest absolute Gasteiger partial charge is 0.122 e. The van der Waals surface area contributed by atoms with Gasteiger partial charge in [0.05, 0.1) is 7.11 Å². The van der Waals surface area contributed by atoms with Crippen molar-refractivity contribution in [3.63, 3.8) is 0 Å². The van der Waals surface area contributed by atoms with E-state index in [-0.39, 0.29) is 5.41 Å². The van der Waals surface area contributed by atoms with Crippen molar-refractivity contribution in [3.8, 4) is 5.75 Å². The second-order valence-corrected chi connectivity index (χ2v) is 4.97. The van der Waals surface area contributed by atoms with Crippen molar-refractivity contribution < 1.29 is 4.74 Å². The van der Waals surface area contributed by atoms with Gasteiger partial charge in [0.25, 0.3) is 0 Å². The first-order valence-electron chi connectivity index (χ1n) is 5.99. The van der Waals surface area contributed by atoms with Gasteiger partial charge >= 0.3 is 0 Å². The summed E-state index contributed by atoms with van der Waals surface area (Å²) in [5.74, 6) is 0.979. The molecule has 88 valence electrons. The van der Waals surface area contributed by atoms with E-state index in [1.54, 1.807) is 7.11 Å². The summed E-state index contributed by atoms with van der Waals surface area (Å²) in [5.41, 5.74) is 10.2. The summed E-state index contributed by atoms with van der Waals surface area (Å²) in [6.45, 7) is 5.03. The van der Waals surface area contributed by atoms with E-state index in [9.17, 15) is 0 Å². The number of ether oxygens (including phenoxy) is 1. The van der Waals surface area contributed by atoms with Crippen LogP contribution in [0, 0.1) is 13.8 Å². The molecule has 0 unspecified atom stereocenters. The van der Waals surface area contributed by atoms with E-state index in [0.29, 0.717) is 0 Å². The molecule has 0 saturated heterocycles. The largest absolute Gasteiger partial charge is 0.496 e. The van der Waals surface area contributed by atoms with E-state index in [1.807, 2.05) is 0 Å². The number of aryl methyl sites for hydroxylation is 2. The molecule has 0 atom stereocenters. The lowest BCUT2D eigenvalue weighted by atomic mass is 9.63. The van der Waals surface area contributed by atoms with E-state index < -0.39 is 0 Å². The first-order valence-corrected chi connectivity index (χ1v) is 5.99. The van der Waals surface area contributed by atoms with Crippen LogP contribution in [0.2, 0.25) is 0 Å². The Bertz CT molecular complexity index is 388. The Morgan fingerprint density at radius 3 is 2.38 bits per heavy atom. The van der Waals surface area contributed by atoms with Crippen molar-refractivity contribution in [2.75, 3.05) is 13.7 Å². The van der Waals surface area contributed by atoms with Crippen molar-refractivity contribution in [2.45, 2.75) is 38.5 Å². The summed E-state index contributed by atoms with van der Waals surface area (Å²) in [7, 11) is 1.73. The van der Waals surface area contributed by atoms with E-state index in [0.717, 1.165) is 12.3 Å². The minimum absolute atomic E-state index is 0.251. The summed E-state index contributed by atoms with van der Waals surface area (Å²) in [5, 5.41) is 0. The van der Waals surface area contributed by atoms with Gasteiger partial charge in [0.15, 0.2) is 0 Å². The number of methoxy groups -OCH3 is 1. The molecular weight excluding hydrogens is 198 g/mol. The van der Waals surface area contributed by atoms with Gasteiger partial charge in [0, 0.05) is 12.0 Å². The fourth-order valence-corrected chi connectivity index (χ4v) is 2.77. The molecule has 16 heavy (non-hydrogen) atoms. The van der Waals surface area contributed by atoms with Crippen LogP contribution in [0.3, 0.4) is 0 Å². The average molecular weight is 219 g/mol. The third kappa shape index (κ3) is 1.61. The van der Waals surface area contributed by atoms with Crippen LogP contribution >= 0.6 is 0 Å². The molecule has 1 aliphatic carbocycles. The molecular formula is C14H21NO. The van der Waals surface area contributed by atoms with Crippen molar-refractivity contribution in [3.05, 3.63) is 28.8 Å². The highest BCUT2D eigenvalue weighted by Crippen LogP contribution is 2.45. The second-order valence-electron chi connectivity index (χ2n) is 4.97. The monoisotopic (exact) mass is 219 g/mol. The Morgan fingerprint density at radius 2 is 1.94 bits per heavy atom. The highest BCUT2D eigenvalue weighted by atomic mass is 16.5. The molecule has 0 radical (unpaired) electrons. The maximum absolute atomic E-state index is 5.96. The van der Waals surface area contributed by atoms with Gasteiger partial charge in [-0.15, -0.1) is 0 Å². The van der Waals surface area contributed by atoms with Gasteiger partial charge in [-0.25, -0.2) is 0 Å². The van der Waals surface area contributed by atoms with Crippen LogP contribution in [0.1, 0.15) is 36.0 Å². The lowest BCUT2D eigenvalue weighted by molar-refractivity contribution is 0.251.